The van der Waals surface area contributed by atoms with Gasteiger partial charge in [0.05, 0.1) is 18.2 Å². The molecule has 0 bridgehead atoms. The molecular weight excluding hydrogens is 311 g/mol. The van der Waals surface area contributed by atoms with Crippen molar-refractivity contribution >= 4 is 11.0 Å². The van der Waals surface area contributed by atoms with E-state index in [0.717, 1.165) is 13.0 Å². The summed E-state index contributed by atoms with van der Waals surface area (Å²) in [6.07, 6.45) is -2.43. The summed E-state index contributed by atoms with van der Waals surface area (Å²) in [7, 11) is 0. The van der Waals surface area contributed by atoms with Gasteiger partial charge in [0.1, 0.15) is 11.2 Å². The highest BCUT2D eigenvalue weighted by molar-refractivity contribution is 5.73. The fraction of sp³-hybridized carbons (Fsp3) is 0.643. The van der Waals surface area contributed by atoms with Crippen LogP contribution in [-0.4, -0.2) is 39.0 Å². The number of H-pyrrole nitrogens is 1. The van der Waals surface area contributed by atoms with Gasteiger partial charge in [-0.2, -0.15) is 18.3 Å². The first-order valence-electron chi connectivity index (χ1n) is 7.64. The highest BCUT2D eigenvalue weighted by atomic mass is 19.4. The molecule has 23 heavy (non-hydrogen) atoms. The molecule has 2 aromatic rings. The van der Waals surface area contributed by atoms with Crippen molar-refractivity contribution in [1.82, 2.24) is 25.1 Å². The average molecular weight is 329 g/mol. The molecule has 3 rings (SSSR count). The fourth-order valence-corrected chi connectivity index (χ4v) is 2.92. The monoisotopic (exact) mass is 329 g/mol. The van der Waals surface area contributed by atoms with E-state index in [0.29, 0.717) is 17.6 Å². The van der Waals surface area contributed by atoms with Gasteiger partial charge in [-0.1, -0.05) is 6.92 Å². The topological polar surface area (TPSA) is 75.6 Å². The molecule has 0 saturated carbocycles. The summed E-state index contributed by atoms with van der Waals surface area (Å²) in [4.78, 5) is 18.8. The Morgan fingerprint density at radius 1 is 1.48 bits per heavy atom. The molecule has 1 saturated heterocycles. The van der Waals surface area contributed by atoms with Crippen LogP contribution in [0.15, 0.2) is 11.0 Å². The van der Waals surface area contributed by atoms with E-state index in [-0.39, 0.29) is 24.7 Å². The number of hydrogen-bond donors (Lipinski definition) is 2. The molecule has 1 aliphatic heterocycles. The summed E-state index contributed by atoms with van der Waals surface area (Å²) < 4.78 is 40.5. The number of nitrogens with one attached hydrogen (secondary N) is 2. The van der Waals surface area contributed by atoms with Gasteiger partial charge < -0.3 is 10.3 Å². The Morgan fingerprint density at radius 3 is 2.87 bits per heavy atom. The van der Waals surface area contributed by atoms with E-state index in [1.165, 1.54) is 13.1 Å². The predicted octanol–water partition coefficient (Wildman–Crippen LogP) is 1.78. The Kier molecular flexibility index (Phi) is 4.13. The number of nitrogens with zero attached hydrogens (tertiary/aromatic N) is 3. The maximum atomic E-state index is 12.9. The highest BCUT2D eigenvalue weighted by Crippen LogP contribution is 2.31. The second-order valence-corrected chi connectivity index (χ2v) is 5.84. The maximum absolute atomic E-state index is 12.9. The zero-order valence-electron chi connectivity index (χ0n) is 12.7. The molecule has 0 aliphatic carbocycles. The van der Waals surface area contributed by atoms with Crippen molar-refractivity contribution in [2.24, 2.45) is 5.92 Å². The third-order valence-corrected chi connectivity index (χ3v) is 4.29. The lowest BCUT2D eigenvalue weighted by Gasteiger charge is -2.18. The molecule has 6 nitrogen and oxygen atoms in total. The summed E-state index contributed by atoms with van der Waals surface area (Å²) in [5.74, 6) is -1.47. The van der Waals surface area contributed by atoms with Gasteiger partial charge in [0.25, 0.3) is 5.56 Å². The number of fused-ring (bicyclic) bond motifs is 1. The Labute approximate surface area is 130 Å². The molecule has 1 aliphatic rings. The number of halogens is 3. The highest BCUT2D eigenvalue weighted by Gasteiger charge is 2.38. The van der Waals surface area contributed by atoms with Gasteiger partial charge in [-0.05, 0) is 19.4 Å². The molecule has 2 N–H and O–H groups in total. The van der Waals surface area contributed by atoms with Crippen molar-refractivity contribution in [3.05, 3.63) is 22.4 Å². The number of aromatic nitrogens is 4. The second-order valence-electron chi connectivity index (χ2n) is 5.84. The van der Waals surface area contributed by atoms with E-state index in [1.54, 1.807) is 4.68 Å². The van der Waals surface area contributed by atoms with Gasteiger partial charge in [-0.15, -0.1) is 0 Å². The molecule has 0 spiro atoms. The van der Waals surface area contributed by atoms with Crippen LogP contribution in [0.1, 0.15) is 31.6 Å². The Bertz CT molecular complexity index is 745. The van der Waals surface area contributed by atoms with Crippen molar-refractivity contribution in [2.45, 2.75) is 38.4 Å². The third kappa shape index (κ3) is 3.10. The first-order chi connectivity index (χ1) is 10.9. The Hall–Kier alpha value is -1.90. The number of rotatable bonds is 4. The minimum atomic E-state index is -4.31. The van der Waals surface area contributed by atoms with Gasteiger partial charge in [0.2, 0.25) is 0 Å². The first-order valence-corrected chi connectivity index (χ1v) is 7.64. The van der Waals surface area contributed by atoms with Crippen LogP contribution in [-0.2, 0) is 6.42 Å². The quantitative estimate of drug-likeness (QED) is 0.897. The molecule has 3 heterocycles. The van der Waals surface area contributed by atoms with Crippen molar-refractivity contribution in [2.75, 3.05) is 13.1 Å². The second kappa shape index (κ2) is 5.95. The molecule has 126 valence electrons. The summed E-state index contributed by atoms with van der Waals surface area (Å²) >= 11 is 0. The van der Waals surface area contributed by atoms with Gasteiger partial charge in [-0.25, -0.2) is 9.67 Å². The van der Waals surface area contributed by atoms with Crippen LogP contribution in [0.4, 0.5) is 13.2 Å². The molecule has 1 fully saturated rings. The smallest absolute Gasteiger partial charge is 0.315 e. The minimum absolute atomic E-state index is 0.0550. The van der Waals surface area contributed by atoms with Crippen LogP contribution in [0, 0.1) is 5.92 Å². The standard InChI is InChI=1S/C14H18F3N5O/c1-2-8(14(15,16)17)5-11-20-12-10(13(23)21-11)7-19-22(12)9-3-4-18-6-9/h7-9,18H,2-6H2,1H3,(H,20,21,23). The average Bonchev–Trinajstić information content (AvgIpc) is 3.11. The van der Waals surface area contributed by atoms with Crippen LogP contribution < -0.4 is 10.9 Å². The molecule has 2 aromatic heterocycles. The van der Waals surface area contributed by atoms with E-state index in [1.807, 2.05) is 0 Å². The molecule has 2 atom stereocenters. The van der Waals surface area contributed by atoms with Crippen LogP contribution in [0.25, 0.3) is 11.0 Å². The number of alkyl halides is 3. The third-order valence-electron chi connectivity index (χ3n) is 4.29. The van der Waals surface area contributed by atoms with E-state index < -0.39 is 17.7 Å². The Balaban J connectivity index is 1.99. The summed E-state index contributed by atoms with van der Waals surface area (Å²) in [5, 5.41) is 7.70. The molecule has 0 radical (unpaired) electrons. The van der Waals surface area contributed by atoms with Crippen LogP contribution in [0.2, 0.25) is 0 Å². The van der Waals surface area contributed by atoms with E-state index in [4.69, 9.17) is 0 Å². The summed E-state index contributed by atoms with van der Waals surface area (Å²) in [5.41, 5.74) is -0.0892. The molecule has 0 amide bonds. The van der Waals surface area contributed by atoms with Gasteiger partial charge >= 0.3 is 6.18 Å². The van der Waals surface area contributed by atoms with Crippen LogP contribution in [0.5, 0.6) is 0 Å². The van der Waals surface area contributed by atoms with Crippen molar-refractivity contribution in [3.63, 3.8) is 0 Å². The zero-order valence-corrected chi connectivity index (χ0v) is 12.7. The fourth-order valence-electron chi connectivity index (χ4n) is 2.92. The summed E-state index contributed by atoms with van der Waals surface area (Å²) in [6, 6.07) is 0.0687. The predicted molar refractivity (Wildman–Crippen MR) is 78.2 cm³/mol. The van der Waals surface area contributed by atoms with Crippen LogP contribution >= 0.6 is 0 Å². The van der Waals surface area contributed by atoms with Crippen molar-refractivity contribution in [1.29, 1.82) is 0 Å². The van der Waals surface area contributed by atoms with Crippen molar-refractivity contribution < 1.29 is 13.2 Å². The lowest BCUT2D eigenvalue weighted by Crippen LogP contribution is -2.26. The molecule has 9 heteroatoms. The minimum Gasteiger partial charge on any atom is -0.315 e. The molecule has 0 aromatic carbocycles. The molecular formula is C14H18F3N5O. The SMILES string of the molecule is CCC(Cc1nc2c(cnn2C2CCNC2)c(=O)[nH]1)C(F)(F)F. The Morgan fingerprint density at radius 2 is 2.26 bits per heavy atom. The maximum Gasteiger partial charge on any atom is 0.392 e. The van der Waals surface area contributed by atoms with E-state index >= 15 is 0 Å². The van der Waals surface area contributed by atoms with Crippen molar-refractivity contribution in [3.8, 4) is 0 Å². The largest absolute Gasteiger partial charge is 0.392 e. The lowest BCUT2D eigenvalue weighted by atomic mass is 10.0. The normalized spacial score (nSPS) is 20.3. The summed E-state index contributed by atoms with van der Waals surface area (Å²) in [6.45, 7) is 3.03. The first kappa shape index (κ1) is 16.0. The number of aromatic amines is 1. The lowest BCUT2D eigenvalue weighted by molar-refractivity contribution is -0.175. The van der Waals surface area contributed by atoms with Gasteiger partial charge in [0.15, 0.2) is 5.65 Å². The van der Waals surface area contributed by atoms with E-state index in [9.17, 15) is 18.0 Å². The molecule has 2 unspecified atom stereocenters. The zero-order chi connectivity index (χ0) is 16.6. The van der Waals surface area contributed by atoms with Gasteiger partial charge in [0, 0.05) is 13.0 Å². The van der Waals surface area contributed by atoms with E-state index in [2.05, 4.69) is 20.4 Å². The van der Waals surface area contributed by atoms with Crippen LogP contribution in [0.3, 0.4) is 0 Å². The van der Waals surface area contributed by atoms with Gasteiger partial charge in [-0.3, -0.25) is 4.79 Å². The number of hydrogen-bond acceptors (Lipinski definition) is 4.